The topological polar surface area (TPSA) is 124 Å². The molecule has 0 saturated heterocycles. The molecule has 96 valence electrons. The van der Waals surface area contributed by atoms with E-state index in [9.17, 15) is 18.3 Å². The van der Waals surface area contributed by atoms with Crippen LogP contribution in [0.2, 0.25) is 0 Å². The van der Waals surface area contributed by atoms with E-state index in [2.05, 4.69) is 5.32 Å². The summed E-state index contributed by atoms with van der Waals surface area (Å²) in [6.45, 7) is 2.29. The van der Waals surface area contributed by atoms with Gasteiger partial charge in [0.2, 0.25) is 5.91 Å². The molecule has 0 aliphatic heterocycles. The summed E-state index contributed by atoms with van der Waals surface area (Å²) in [5.41, 5.74) is -1.01. The third kappa shape index (κ3) is 8.09. The van der Waals surface area contributed by atoms with E-state index < -0.39 is 33.3 Å². The molecule has 1 amide bonds. The van der Waals surface area contributed by atoms with Crippen molar-refractivity contribution in [3.05, 3.63) is 0 Å². The molecule has 0 aromatic heterocycles. The SMILES string of the molecule is CC(C)(CO)C(O)C(=O)NCCS(=O)(=O)O.[Na+]. The molecular weight excluding hydrogens is 261 g/mol. The van der Waals surface area contributed by atoms with Gasteiger partial charge in [0.15, 0.2) is 0 Å². The molecule has 0 rings (SSSR count). The van der Waals surface area contributed by atoms with Gasteiger partial charge in [-0.1, -0.05) is 13.8 Å². The molecule has 0 aromatic carbocycles. The average molecular weight is 278 g/mol. The summed E-state index contributed by atoms with van der Waals surface area (Å²) in [6, 6.07) is 0. The smallest absolute Gasteiger partial charge is 0.396 e. The summed E-state index contributed by atoms with van der Waals surface area (Å²) in [7, 11) is -4.13. The van der Waals surface area contributed by atoms with Gasteiger partial charge in [-0.2, -0.15) is 8.42 Å². The van der Waals surface area contributed by atoms with Gasteiger partial charge in [0, 0.05) is 12.0 Å². The van der Waals surface area contributed by atoms with Gasteiger partial charge < -0.3 is 15.5 Å². The van der Waals surface area contributed by atoms with E-state index in [-0.39, 0.29) is 42.7 Å². The largest absolute Gasteiger partial charge is 1.00 e. The van der Waals surface area contributed by atoms with E-state index in [0.29, 0.717) is 0 Å². The van der Waals surface area contributed by atoms with Crippen molar-refractivity contribution >= 4 is 16.0 Å². The van der Waals surface area contributed by atoms with Gasteiger partial charge in [-0.15, -0.1) is 0 Å². The van der Waals surface area contributed by atoms with Gasteiger partial charge >= 0.3 is 29.6 Å². The van der Waals surface area contributed by atoms with Crippen molar-refractivity contribution in [1.82, 2.24) is 5.32 Å². The zero-order valence-electron chi connectivity index (χ0n) is 10.2. The number of hydrogen-bond acceptors (Lipinski definition) is 5. The molecule has 0 fully saturated rings. The number of amides is 1. The molecule has 0 bridgehead atoms. The Kier molecular flexibility index (Phi) is 8.86. The summed E-state index contributed by atoms with van der Waals surface area (Å²) in [4.78, 5) is 11.3. The standard InChI is InChI=1S/C8H17NO6S.Na/c1-8(2,5-10)6(11)7(12)9-3-4-16(13,14)15;/h6,10-11H,3-5H2,1-2H3,(H,9,12)(H,13,14,15);/q;+1. The van der Waals surface area contributed by atoms with Crippen LogP contribution in [0.3, 0.4) is 0 Å². The Morgan fingerprint density at radius 3 is 2.24 bits per heavy atom. The van der Waals surface area contributed by atoms with Crippen molar-refractivity contribution < 1.29 is 57.5 Å². The normalized spacial score (nSPS) is 13.7. The summed E-state index contributed by atoms with van der Waals surface area (Å²) in [5.74, 6) is -1.41. The first-order valence-corrected chi connectivity index (χ1v) is 6.23. The fourth-order valence-corrected chi connectivity index (χ4v) is 1.20. The van der Waals surface area contributed by atoms with Gasteiger partial charge in [0.25, 0.3) is 10.1 Å². The third-order valence-electron chi connectivity index (χ3n) is 2.06. The first-order chi connectivity index (χ1) is 7.10. The Balaban J connectivity index is 0. The van der Waals surface area contributed by atoms with Crippen LogP contribution in [0.15, 0.2) is 0 Å². The van der Waals surface area contributed by atoms with Gasteiger partial charge in [-0.05, 0) is 0 Å². The molecule has 0 spiro atoms. The minimum atomic E-state index is -4.13. The minimum absolute atomic E-state index is 0. The van der Waals surface area contributed by atoms with Crippen LogP contribution >= 0.6 is 0 Å². The predicted octanol–water partition coefficient (Wildman–Crippen LogP) is -4.63. The van der Waals surface area contributed by atoms with Crippen molar-refractivity contribution in [2.45, 2.75) is 20.0 Å². The van der Waals surface area contributed by atoms with Gasteiger partial charge in [-0.3, -0.25) is 9.35 Å². The van der Waals surface area contributed by atoms with E-state index >= 15 is 0 Å². The number of rotatable bonds is 6. The number of hydrogen-bond donors (Lipinski definition) is 4. The van der Waals surface area contributed by atoms with Crippen LogP contribution in [0.25, 0.3) is 0 Å². The zero-order valence-corrected chi connectivity index (χ0v) is 13.0. The monoisotopic (exact) mass is 278 g/mol. The molecule has 17 heavy (non-hydrogen) atoms. The first-order valence-electron chi connectivity index (χ1n) is 4.62. The Bertz CT molecular complexity index is 342. The van der Waals surface area contributed by atoms with E-state index in [0.717, 1.165) is 0 Å². The van der Waals surface area contributed by atoms with E-state index in [1.165, 1.54) is 13.8 Å². The molecular formula is C8H17NNaO6S+. The fourth-order valence-electron chi connectivity index (χ4n) is 0.841. The number of nitrogens with one attached hydrogen (secondary N) is 1. The van der Waals surface area contributed by atoms with Crippen LogP contribution in [0.5, 0.6) is 0 Å². The molecule has 0 saturated carbocycles. The van der Waals surface area contributed by atoms with Crippen LogP contribution < -0.4 is 34.9 Å². The second kappa shape index (κ2) is 7.67. The van der Waals surface area contributed by atoms with Crippen LogP contribution in [0, 0.1) is 5.41 Å². The third-order valence-corrected chi connectivity index (χ3v) is 2.78. The molecule has 0 aliphatic rings. The molecule has 4 N–H and O–H groups in total. The molecule has 1 atom stereocenters. The minimum Gasteiger partial charge on any atom is -0.396 e. The van der Waals surface area contributed by atoms with Crippen LogP contribution in [0.1, 0.15) is 13.8 Å². The maximum absolute atomic E-state index is 11.3. The first kappa shape index (κ1) is 19.6. The fraction of sp³-hybridized carbons (Fsp3) is 0.875. The maximum Gasteiger partial charge on any atom is 1.00 e. The summed E-state index contributed by atoms with van der Waals surface area (Å²) in [6.07, 6.45) is -1.45. The molecule has 7 nitrogen and oxygen atoms in total. The van der Waals surface area contributed by atoms with Crippen molar-refractivity contribution in [3.63, 3.8) is 0 Å². The van der Waals surface area contributed by atoms with E-state index in [1.54, 1.807) is 0 Å². The van der Waals surface area contributed by atoms with Crippen LogP contribution in [-0.2, 0) is 14.9 Å². The van der Waals surface area contributed by atoms with Gasteiger partial charge in [-0.25, -0.2) is 0 Å². The molecule has 0 heterocycles. The average Bonchev–Trinajstić information content (AvgIpc) is 2.14. The second-order valence-electron chi connectivity index (χ2n) is 4.13. The molecule has 9 heteroatoms. The van der Waals surface area contributed by atoms with Crippen molar-refractivity contribution in [2.75, 3.05) is 18.9 Å². The number of aliphatic hydroxyl groups excluding tert-OH is 2. The summed E-state index contributed by atoms with van der Waals surface area (Å²) < 4.78 is 29.1. The van der Waals surface area contributed by atoms with Crippen LogP contribution in [0.4, 0.5) is 0 Å². The van der Waals surface area contributed by atoms with Gasteiger partial charge in [0.05, 0.1) is 12.4 Å². The predicted molar refractivity (Wildman–Crippen MR) is 56.3 cm³/mol. The Morgan fingerprint density at radius 2 is 1.88 bits per heavy atom. The van der Waals surface area contributed by atoms with Crippen LogP contribution in [-0.4, -0.2) is 54.1 Å². The zero-order chi connectivity index (χ0) is 13.0. The van der Waals surface area contributed by atoms with Crippen molar-refractivity contribution in [1.29, 1.82) is 0 Å². The molecule has 0 aliphatic carbocycles. The van der Waals surface area contributed by atoms with Crippen molar-refractivity contribution in [3.8, 4) is 0 Å². The number of carbonyl (C=O) groups excluding carboxylic acids is 1. The van der Waals surface area contributed by atoms with E-state index in [1.807, 2.05) is 0 Å². The van der Waals surface area contributed by atoms with Gasteiger partial charge in [0.1, 0.15) is 6.10 Å². The molecule has 0 radical (unpaired) electrons. The molecule has 1 unspecified atom stereocenters. The second-order valence-corrected chi connectivity index (χ2v) is 5.70. The molecule has 0 aromatic rings. The number of carbonyl (C=O) groups is 1. The summed E-state index contributed by atoms with van der Waals surface area (Å²) in [5, 5.41) is 20.5. The number of aliphatic hydroxyl groups is 2. The Morgan fingerprint density at radius 1 is 1.41 bits per heavy atom. The van der Waals surface area contributed by atoms with E-state index in [4.69, 9.17) is 9.66 Å². The Hall–Kier alpha value is 0.300. The summed E-state index contributed by atoms with van der Waals surface area (Å²) >= 11 is 0. The maximum atomic E-state index is 11.3. The van der Waals surface area contributed by atoms with Crippen molar-refractivity contribution in [2.24, 2.45) is 5.41 Å². The Labute approximate surface area is 123 Å². The quantitative estimate of drug-likeness (QED) is 0.286.